The Morgan fingerprint density at radius 3 is 2.25 bits per heavy atom. The van der Waals surface area contributed by atoms with E-state index in [1.807, 2.05) is 0 Å². The minimum absolute atomic E-state index is 0.0000779. The highest BCUT2D eigenvalue weighted by molar-refractivity contribution is 7.99. The van der Waals surface area contributed by atoms with Gasteiger partial charge in [-0.2, -0.15) is 38.1 Å². The second kappa shape index (κ2) is 21.5. The van der Waals surface area contributed by atoms with Crippen molar-refractivity contribution in [1.29, 1.82) is 0 Å². The molecule has 2 amide bonds. The van der Waals surface area contributed by atoms with Crippen LogP contribution in [0.1, 0.15) is 93.9 Å². The minimum Gasteiger partial charge on any atom is -0.464 e. The normalized spacial score (nSPS) is 16.0. The number of carbonyl (C=O) groups excluding carboxylic acids is 3. The van der Waals surface area contributed by atoms with Crippen LogP contribution < -0.4 is 10.6 Å². The zero-order valence-electron chi connectivity index (χ0n) is 33.4. The number of nitrogens with zero attached hydrogens (tertiary/aromatic N) is 1. The summed E-state index contributed by atoms with van der Waals surface area (Å²) >= 11 is 1.57. The van der Waals surface area contributed by atoms with Gasteiger partial charge in [0.05, 0.1) is 55.8 Å². The lowest BCUT2D eigenvalue weighted by Gasteiger charge is -2.31. The molecule has 1 unspecified atom stereocenters. The van der Waals surface area contributed by atoms with Crippen molar-refractivity contribution in [2.45, 2.75) is 110 Å². The van der Waals surface area contributed by atoms with E-state index in [0.717, 1.165) is 6.07 Å². The van der Waals surface area contributed by atoms with Crippen LogP contribution in [0.15, 0.2) is 24.3 Å². The van der Waals surface area contributed by atoms with E-state index in [1.165, 1.54) is 11.5 Å². The van der Waals surface area contributed by atoms with Crippen LogP contribution in [-0.4, -0.2) is 97.5 Å². The SMILES string of the molecule is CCOC(=O)C(CC)(CCCSCCOCCOCCNC(=O)OC(C)(C)C)NC(=O)c1cc(-c2cc(C(F)(F)F)ccc2C(F)(F)F)n(C[C@H]2CCCO2)c1C. The van der Waals surface area contributed by atoms with Crippen molar-refractivity contribution in [2.24, 2.45) is 0 Å². The largest absolute Gasteiger partial charge is 0.464 e. The molecule has 1 aromatic heterocycles. The zero-order valence-corrected chi connectivity index (χ0v) is 34.2. The third-order valence-corrected chi connectivity index (χ3v) is 10.2. The van der Waals surface area contributed by atoms with Gasteiger partial charge in [0.1, 0.15) is 11.1 Å². The minimum atomic E-state index is -5.00. The molecule has 0 saturated carbocycles. The van der Waals surface area contributed by atoms with E-state index in [-0.39, 0.29) is 42.9 Å². The van der Waals surface area contributed by atoms with E-state index in [0.29, 0.717) is 88.5 Å². The van der Waals surface area contributed by atoms with Gasteiger partial charge >= 0.3 is 24.4 Å². The van der Waals surface area contributed by atoms with E-state index in [2.05, 4.69) is 10.6 Å². The van der Waals surface area contributed by atoms with Gasteiger partial charge in [-0.15, -0.1) is 0 Å². The van der Waals surface area contributed by atoms with Crippen molar-refractivity contribution in [1.82, 2.24) is 15.2 Å². The Balaban J connectivity index is 1.69. The Labute approximate surface area is 334 Å². The Kier molecular flexibility index (Phi) is 18.1. The third kappa shape index (κ3) is 14.7. The van der Waals surface area contributed by atoms with E-state index in [4.69, 9.17) is 23.7 Å². The van der Waals surface area contributed by atoms with Crippen LogP contribution in [0.25, 0.3) is 11.3 Å². The second-order valence-corrected chi connectivity index (χ2v) is 15.7. The lowest BCUT2D eigenvalue weighted by Crippen LogP contribution is -2.55. The van der Waals surface area contributed by atoms with Crippen molar-refractivity contribution in [3.63, 3.8) is 0 Å². The number of benzene rings is 1. The number of hydrogen-bond donors (Lipinski definition) is 2. The lowest BCUT2D eigenvalue weighted by molar-refractivity contribution is -0.151. The molecule has 1 aromatic carbocycles. The van der Waals surface area contributed by atoms with Crippen LogP contribution in [0.4, 0.5) is 31.1 Å². The average molecular weight is 840 g/mol. The van der Waals surface area contributed by atoms with Gasteiger partial charge in [0.2, 0.25) is 0 Å². The fraction of sp³-hybridized carbons (Fsp3) is 0.667. The van der Waals surface area contributed by atoms with Crippen LogP contribution in [0.2, 0.25) is 0 Å². The number of alkyl halides is 6. The van der Waals surface area contributed by atoms with E-state index >= 15 is 0 Å². The topological polar surface area (TPSA) is 126 Å². The molecule has 0 spiro atoms. The first kappa shape index (κ1) is 47.9. The third-order valence-electron chi connectivity index (χ3n) is 9.12. The maximum atomic E-state index is 14.3. The molecule has 1 aliphatic rings. The molecule has 2 heterocycles. The van der Waals surface area contributed by atoms with Crippen LogP contribution in [0.3, 0.4) is 0 Å². The monoisotopic (exact) mass is 839 g/mol. The Hall–Kier alpha value is -3.48. The maximum absolute atomic E-state index is 14.3. The first-order chi connectivity index (χ1) is 26.7. The van der Waals surface area contributed by atoms with Gasteiger partial charge < -0.3 is 38.9 Å². The first-order valence-corrected chi connectivity index (χ1v) is 20.2. The number of nitrogens with one attached hydrogen (secondary N) is 2. The summed E-state index contributed by atoms with van der Waals surface area (Å²) in [6.07, 6.45) is -8.82. The number of rotatable bonds is 21. The van der Waals surface area contributed by atoms with Crippen molar-refractivity contribution in [2.75, 3.05) is 57.7 Å². The number of alkyl carbamates (subject to hydrolysis) is 1. The van der Waals surface area contributed by atoms with Gasteiger partial charge in [-0.1, -0.05) is 6.92 Å². The molecule has 0 bridgehead atoms. The molecule has 2 aromatic rings. The fourth-order valence-corrected chi connectivity index (χ4v) is 7.03. The summed E-state index contributed by atoms with van der Waals surface area (Å²) in [4.78, 5) is 39.1. The quantitative estimate of drug-likeness (QED) is 0.0727. The summed E-state index contributed by atoms with van der Waals surface area (Å²) in [6, 6.07) is 2.38. The molecule has 1 saturated heterocycles. The number of carbonyl (C=O) groups is 3. The molecule has 0 aliphatic carbocycles. The molecular formula is C39H55F6N3O8S. The van der Waals surface area contributed by atoms with Crippen LogP contribution in [-0.2, 0) is 47.4 Å². The van der Waals surface area contributed by atoms with E-state index in [1.54, 1.807) is 46.4 Å². The van der Waals surface area contributed by atoms with E-state index < -0.39 is 64.3 Å². The molecule has 2 N–H and O–H groups in total. The highest BCUT2D eigenvalue weighted by atomic mass is 32.2. The molecule has 11 nitrogen and oxygen atoms in total. The highest BCUT2D eigenvalue weighted by Crippen LogP contribution is 2.42. The molecule has 2 atom stereocenters. The van der Waals surface area contributed by atoms with Crippen LogP contribution >= 0.6 is 11.8 Å². The predicted octanol–water partition coefficient (Wildman–Crippen LogP) is 8.19. The summed E-state index contributed by atoms with van der Waals surface area (Å²) in [5.74, 6) is -0.214. The first-order valence-electron chi connectivity index (χ1n) is 19.0. The number of hydrogen-bond acceptors (Lipinski definition) is 9. The summed E-state index contributed by atoms with van der Waals surface area (Å²) in [5.41, 5.74) is -5.49. The number of aromatic nitrogens is 1. The van der Waals surface area contributed by atoms with Gasteiger partial charge in [0, 0.05) is 42.4 Å². The van der Waals surface area contributed by atoms with Crippen molar-refractivity contribution in [3.05, 3.63) is 46.6 Å². The van der Waals surface area contributed by atoms with Gasteiger partial charge in [0.25, 0.3) is 5.91 Å². The smallest absolute Gasteiger partial charge is 0.417 e. The average Bonchev–Trinajstić information content (AvgIpc) is 3.75. The highest BCUT2D eigenvalue weighted by Gasteiger charge is 2.42. The number of amides is 2. The molecular weight excluding hydrogens is 784 g/mol. The molecule has 322 valence electrons. The number of esters is 1. The summed E-state index contributed by atoms with van der Waals surface area (Å²) in [5, 5.41) is 5.41. The van der Waals surface area contributed by atoms with Crippen molar-refractivity contribution >= 4 is 29.7 Å². The fourth-order valence-electron chi connectivity index (χ4n) is 6.24. The van der Waals surface area contributed by atoms with Crippen LogP contribution in [0, 0.1) is 6.92 Å². The summed E-state index contributed by atoms with van der Waals surface area (Å²) in [6.45, 7) is 12.3. The molecule has 18 heteroatoms. The standard InChI is InChI=1S/C39H55F6N3O8S/c1-7-37(34(50)54-8-2,14-10-21-57-22-20-53-19-18-52-17-15-46-35(51)56-36(4,5)6)47-33(49)29-24-32(48(26(29)3)25-28-11-9-16-55-28)30-23-27(38(40,41)42)12-13-31(30)39(43,44)45/h12-13,23-24,28H,7-11,14-22,25H2,1-6H3,(H,46,51)(H,47,49)/t28-,37?/m1/s1. The zero-order chi connectivity index (χ0) is 42.4. The van der Waals surface area contributed by atoms with Crippen molar-refractivity contribution in [3.8, 4) is 11.3 Å². The number of ether oxygens (including phenoxy) is 5. The molecule has 3 rings (SSSR count). The van der Waals surface area contributed by atoms with Gasteiger partial charge in [0.15, 0.2) is 0 Å². The molecule has 57 heavy (non-hydrogen) atoms. The summed E-state index contributed by atoms with van der Waals surface area (Å²) in [7, 11) is 0. The molecule has 1 aliphatic heterocycles. The Bertz CT molecular complexity index is 1620. The predicted molar refractivity (Wildman–Crippen MR) is 203 cm³/mol. The second-order valence-electron chi connectivity index (χ2n) is 14.5. The lowest BCUT2D eigenvalue weighted by atomic mass is 9.90. The van der Waals surface area contributed by atoms with Gasteiger partial charge in [-0.3, -0.25) is 4.79 Å². The van der Waals surface area contributed by atoms with Crippen molar-refractivity contribution < 1.29 is 64.4 Å². The number of halogens is 6. The van der Waals surface area contributed by atoms with Gasteiger partial charge in [-0.05, 0) is 96.7 Å². The Morgan fingerprint density at radius 1 is 0.947 bits per heavy atom. The summed E-state index contributed by atoms with van der Waals surface area (Å²) < 4.78 is 113. The van der Waals surface area contributed by atoms with Crippen LogP contribution in [0.5, 0.6) is 0 Å². The molecule has 0 radical (unpaired) electrons. The maximum Gasteiger partial charge on any atom is 0.417 e. The molecule has 1 fully saturated rings. The van der Waals surface area contributed by atoms with Gasteiger partial charge in [-0.25, -0.2) is 9.59 Å². The Morgan fingerprint density at radius 2 is 1.65 bits per heavy atom. The number of thioether (sulfide) groups is 1. The van der Waals surface area contributed by atoms with E-state index in [9.17, 15) is 40.7 Å².